The van der Waals surface area contributed by atoms with Gasteiger partial charge in [-0.1, -0.05) is 24.3 Å². The van der Waals surface area contributed by atoms with E-state index in [1.165, 1.54) is 30.3 Å². The van der Waals surface area contributed by atoms with Crippen LogP contribution in [-0.4, -0.2) is 21.2 Å². The van der Waals surface area contributed by atoms with E-state index >= 15 is 0 Å². The number of hydrogen-bond acceptors (Lipinski definition) is 2. The maximum atomic E-state index is 13.0. The Balaban J connectivity index is 2.37. The standard InChI is InChI=1S/C15H10FNO3/c16-9-6-4-8(5-7-9)12-10-2-1-3-11(18)13(10)17-14(12)15(19)20/h1-7,17-18H,(H,19,20). The molecule has 1 heterocycles. The third-order valence-corrected chi connectivity index (χ3v) is 3.16. The Kier molecular flexibility index (Phi) is 2.68. The summed E-state index contributed by atoms with van der Waals surface area (Å²) in [5.74, 6) is -1.56. The minimum atomic E-state index is -1.14. The van der Waals surface area contributed by atoms with Crippen LogP contribution in [0.1, 0.15) is 10.5 Å². The normalized spacial score (nSPS) is 10.8. The lowest BCUT2D eigenvalue weighted by Gasteiger charge is -2.02. The molecule has 0 atom stereocenters. The summed E-state index contributed by atoms with van der Waals surface area (Å²) in [5, 5.41) is 19.7. The number of phenolic OH excluding ortho intramolecular Hbond substituents is 1. The zero-order chi connectivity index (χ0) is 14.3. The van der Waals surface area contributed by atoms with Crippen LogP contribution >= 0.6 is 0 Å². The quantitative estimate of drug-likeness (QED) is 0.669. The van der Waals surface area contributed by atoms with E-state index in [0.717, 1.165) is 0 Å². The Hall–Kier alpha value is -2.82. The number of aromatic hydroxyl groups is 1. The Morgan fingerprint density at radius 3 is 2.45 bits per heavy atom. The molecule has 0 radical (unpaired) electrons. The van der Waals surface area contributed by atoms with Gasteiger partial charge in [0.1, 0.15) is 17.3 Å². The number of aromatic carboxylic acids is 1. The topological polar surface area (TPSA) is 73.3 Å². The molecule has 2 aromatic carbocycles. The van der Waals surface area contributed by atoms with Crippen LogP contribution in [0, 0.1) is 5.82 Å². The number of H-pyrrole nitrogens is 1. The van der Waals surface area contributed by atoms with E-state index < -0.39 is 11.8 Å². The van der Waals surface area contributed by atoms with Crippen molar-refractivity contribution in [2.75, 3.05) is 0 Å². The van der Waals surface area contributed by atoms with E-state index in [2.05, 4.69) is 4.98 Å². The Labute approximate surface area is 113 Å². The van der Waals surface area contributed by atoms with Gasteiger partial charge >= 0.3 is 5.97 Å². The second kappa shape index (κ2) is 4.38. The van der Waals surface area contributed by atoms with Gasteiger partial charge in [0.15, 0.2) is 0 Å². The number of fused-ring (bicyclic) bond motifs is 1. The minimum Gasteiger partial charge on any atom is -0.506 e. The zero-order valence-electron chi connectivity index (χ0n) is 10.2. The highest BCUT2D eigenvalue weighted by Crippen LogP contribution is 2.36. The van der Waals surface area contributed by atoms with E-state index in [4.69, 9.17) is 0 Å². The zero-order valence-corrected chi connectivity index (χ0v) is 10.2. The van der Waals surface area contributed by atoms with E-state index in [-0.39, 0.29) is 11.4 Å². The molecule has 0 aliphatic heterocycles. The van der Waals surface area contributed by atoms with Gasteiger partial charge in [0.2, 0.25) is 0 Å². The molecule has 5 heteroatoms. The molecule has 0 saturated heterocycles. The predicted octanol–water partition coefficient (Wildman–Crippen LogP) is 3.38. The highest BCUT2D eigenvalue weighted by atomic mass is 19.1. The number of carbonyl (C=O) groups is 1. The van der Waals surface area contributed by atoms with Gasteiger partial charge in [0.25, 0.3) is 0 Å². The van der Waals surface area contributed by atoms with Gasteiger partial charge in [-0.2, -0.15) is 0 Å². The lowest BCUT2D eigenvalue weighted by atomic mass is 10.0. The van der Waals surface area contributed by atoms with Crippen molar-refractivity contribution in [2.45, 2.75) is 0 Å². The molecule has 100 valence electrons. The summed E-state index contributed by atoms with van der Waals surface area (Å²) in [4.78, 5) is 14.1. The van der Waals surface area contributed by atoms with Gasteiger partial charge in [-0.3, -0.25) is 0 Å². The van der Waals surface area contributed by atoms with E-state index in [1.54, 1.807) is 12.1 Å². The molecule has 0 aliphatic rings. The highest BCUT2D eigenvalue weighted by molar-refractivity contribution is 6.08. The van der Waals surface area contributed by atoms with Crippen LogP contribution < -0.4 is 0 Å². The van der Waals surface area contributed by atoms with Gasteiger partial charge in [0, 0.05) is 10.9 Å². The fourth-order valence-corrected chi connectivity index (χ4v) is 2.28. The molecule has 0 saturated carbocycles. The molecule has 20 heavy (non-hydrogen) atoms. The first-order valence-electron chi connectivity index (χ1n) is 5.91. The first-order valence-corrected chi connectivity index (χ1v) is 5.91. The van der Waals surface area contributed by atoms with Crippen LogP contribution in [0.15, 0.2) is 42.5 Å². The molecule has 1 aromatic heterocycles. The summed E-state index contributed by atoms with van der Waals surface area (Å²) in [6, 6.07) is 10.4. The largest absolute Gasteiger partial charge is 0.506 e. The van der Waals surface area contributed by atoms with E-state index in [9.17, 15) is 19.4 Å². The third-order valence-electron chi connectivity index (χ3n) is 3.16. The predicted molar refractivity (Wildman–Crippen MR) is 72.3 cm³/mol. The number of rotatable bonds is 2. The van der Waals surface area contributed by atoms with Gasteiger partial charge in [0.05, 0.1) is 5.52 Å². The number of hydrogen-bond donors (Lipinski definition) is 3. The smallest absolute Gasteiger partial charge is 0.352 e. The maximum Gasteiger partial charge on any atom is 0.352 e. The van der Waals surface area contributed by atoms with Crippen LogP contribution in [-0.2, 0) is 0 Å². The minimum absolute atomic E-state index is 0.0293. The van der Waals surface area contributed by atoms with Crippen molar-refractivity contribution in [3.8, 4) is 16.9 Å². The van der Waals surface area contributed by atoms with Crippen molar-refractivity contribution in [1.29, 1.82) is 0 Å². The number of phenols is 1. The molecular formula is C15H10FNO3. The average Bonchev–Trinajstić information content (AvgIpc) is 2.81. The summed E-state index contributed by atoms with van der Waals surface area (Å²) in [7, 11) is 0. The van der Waals surface area contributed by atoms with Crippen LogP contribution in [0.25, 0.3) is 22.0 Å². The number of nitrogens with one attached hydrogen (secondary N) is 1. The summed E-state index contributed by atoms with van der Waals surface area (Å²) in [6.45, 7) is 0. The average molecular weight is 271 g/mol. The molecule has 3 aromatic rings. The molecule has 0 aliphatic carbocycles. The first-order chi connectivity index (χ1) is 9.58. The maximum absolute atomic E-state index is 13.0. The van der Waals surface area contributed by atoms with Crippen LogP contribution in [0.5, 0.6) is 5.75 Å². The number of aromatic nitrogens is 1. The summed E-state index contributed by atoms with van der Waals surface area (Å²) >= 11 is 0. The number of carboxylic acid groups (broad SMARTS) is 1. The van der Waals surface area contributed by atoms with Crippen molar-refractivity contribution in [1.82, 2.24) is 4.98 Å². The molecule has 4 nitrogen and oxygen atoms in total. The van der Waals surface area contributed by atoms with Gasteiger partial charge in [-0.05, 0) is 23.8 Å². The summed E-state index contributed by atoms with van der Waals surface area (Å²) in [5.41, 5.74) is 1.32. The number of aromatic amines is 1. The fourth-order valence-electron chi connectivity index (χ4n) is 2.28. The van der Waals surface area contributed by atoms with Crippen molar-refractivity contribution >= 4 is 16.9 Å². The second-order valence-corrected chi connectivity index (χ2v) is 4.39. The second-order valence-electron chi connectivity index (χ2n) is 4.39. The number of halogens is 1. The van der Waals surface area contributed by atoms with E-state index in [0.29, 0.717) is 22.0 Å². The lowest BCUT2D eigenvalue weighted by Crippen LogP contribution is -1.98. The third kappa shape index (κ3) is 1.80. The Morgan fingerprint density at radius 1 is 1.10 bits per heavy atom. The van der Waals surface area contributed by atoms with Crippen molar-refractivity contribution in [3.63, 3.8) is 0 Å². The highest BCUT2D eigenvalue weighted by Gasteiger charge is 2.19. The fraction of sp³-hybridized carbons (Fsp3) is 0. The number of benzene rings is 2. The molecule has 0 spiro atoms. The van der Waals surface area contributed by atoms with Gasteiger partial charge < -0.3 is 15.2 Å². The van der Waals surface area contributed by atoms with Crippen molar-refractivity contribution < 1.29 is 19.4 Å². The van der Waals surface area contributed by atoms with E-state index in [1.807, 2.05) is 0 Å². The molecule has 0 unspecified atom stereocenters. The van der Waals surface area contributed by atoms with Crippen molar-refractivity contribution in [3.05, 3.63) is 54.0 Å². The SMILES string of the molecule is O=C(O)c1[nH]c2c(O)cccc2c1-c1ccc(F)cc1. The molecular weight excluding hydrogens is 261 g/mol. The number of carboxylic acids is 1. The van der Waals surface area contributed by atoms with Crippen LogP contribution in [0.3, 0.4) is 0 Å². The van der Waals surface area contributed by atoms with Gasteiger partial charge in [-0.15, -0.1) is 0 Å². The molecule has 3 N–H and O–H groups in total. The molecule has 3 rings (SSSR count). The summed E-state index contributed by atoms with van der Waals surface area (Å²) < 4.78 is 13.0. The Bertz CT molecular complexity index is 806. The molecule has 0 fully saturated rings. The van der Waals surface area contributed by atoms with Crippen molar-refractivity contribution in [2.24, 2.45) is 0 Å². The number of para-hydroxylation sites is 1. The van der Waals surface area contributed by atoms with Crippen LogP contribution in [0.4, 0.5) is 4.39 Å². The van der Waals surface area contributed by atoms with Crippen LogP contribution in [0.2, 0.25) is 0 Å². The lowest BCUT2D eigenvalue weighted by molar-refractivity contribution is 0.0692. The first kappa shape index (κ1) is 12.2. The summed E-state index contributed by atoms with van der Waals surface area (Å²) in [6.07, 6.45) is 0. The molecule has 0 bridgehead atoms. The monoisotopic (exact) mass is 271 g/mol. The molecule has 0 amide bonds. The van der Waals surface area contributed by atoms with Gasteiger partial charge in [-0.25, -0.2) is 9.18 Å². The Morgan fingerprint density at radius 2 is 1.80 bits per heavy atom.